The van der Waals surface area contributed by atoms with Crippen molar-refractivity contribution >= 4 is 115 Å². The number of methoxy groups -OCH3 is 1. The van der Waals surface area contributed by atoms with Crippen molar-refractivity contribution in [3.8, 4) is 38.4 Å². The maximum absolute atomic E-state index is 15.2. The van der Waals surface area contributed by atoms with E-state index in [1.165, 1.54) is 49.2 Å². The molecule has 12 bridgehead atoms. The molecule has 13 rings (SSSR count). The molecule has 0 radical (unpaired) electrons. The number of morpholine rings is 1. The number of hydrogen-bond acceptors (Lipinski definition) is 31. The van der Waals surface area contributed by atoms with E-state index in [0.717, 1.165) is 69.8 Å². The topological polar surface area (TPSA) is 426 Å². The normalized spacial score (nSPS) is 24.6. The van der Waals surface area contributed by atoms with Gasteiger partial charge in [-0.3, -0.25) is 24.1 Å². The standard InChI is InChI=1S/C65H71N15O18S5/c1-28(81)44-56(86)76-45(29(2)92-7)59-72-39(27-102-59)55(85)77-48-50-51(98-42-18-65(4,90)52(78(5)6)30(3)97-42)63(88)95-20-31-9-8-10-40-43(31)34(21-94-50)49(80(40)91)62(87)96-22-35(69-53(83)37-26-103-61(48)73-37)58-70-36(24-101-58)46-33(57-71-38(25-100-57)54(84)75-44)17-41(82)47(74-46)60-68-32(23-99-60)19-67-64(89)66-11-12-79-13-15-93-16-14-79/h8-10,17,23-28,30,35,42,44,48,50-52,81-82,90-91H,11-16,18-22H2,1-7H3,(H,69,83)(H,75,84)(H,76,86)(H,77,85)(H2,66,67,89)/b45-29+/t28-,30+,35+,42+,44+,48+,50+,51+,52-,65+/m1/s1. The molecule has 0 unspecified atom stereocenters. The van der Waals surface area contributed by atoms with Crippen LogP contribution in [0.3, 0.4) is 0 Å². The molecule has 5 aliphatic heterocycles. The molecule has 0 saturated carbocycles. The first kappa shape index (κ1) is 72.3. The van der Waals surface area contributed by atoms with E-state index in [9.17, 15) is 34.9 Å². The Morgan fingerprint density at radius 3 is 2.27 bits per heavy atom. The maximum atomic E-state index is 15.2. The minimum atomic E-state index is -1.90. The van der Waals surface area contributed by atoms with Crippen LogP contribution in [0.5, 0.6) is 5.75 Å². The maximum Gasteiger partial charge on any atom is 0.358 e. The number of amides is 6. The lowest BCUT2D eigenvalue weighted by atomic mass is 9.85. The minimum absolute atomic E-state index is 0.000921. The quantitative estimate of drug-likeness (QED) is 0.0490. The molecule has 544 valence electrons. The number of aromatic hydroxyl groups is 1. The lowest BCUT2D eigenvalue weighted by molar-refractivity contribution is -0.280. The number of ether oxygens (including phenoxy) is 7. The van der Waals surface area contributed by atoms with Crippen LogP contribution in [0, 0.1) is 0 Å². The highest BCUT2D eigenvalue weighted by molar-refractivity contribution is 7.14. The summed E-state index contributed by atoms with van der Waals surface area (Å²) < 4.78 is 43.8. The number of nitrogens with one attached hydrogen (secondary N) is 6. The van der Waals surface area contributed by atoms with Gasteiger partial charge in [0, 0.05) is 76.0 Å². The van der Waals surface area contributed by atoms with Crippen LogP contribution < -0.4 is 31.9 Å². The number of likely N-dealkylation sites (N-methyl/N-ethyl adjacent to an activating group) is 1. The summed E-state index contributed by atoms with van der Waals surface area (Å²) in [6, 6.07) is 0.467. The number of pyridine rings is 1. The van der Waals surface area contributed by atoms with Gasteiger partial charge < -0.3 is 90.5 Å². The number of carbonyl (C=O) groups excluding carboxylic acids is 7. The lowest BCUT2D eigenvalue weighted by Crippen LogP contribution is -2.62. The summed E-state index contributed by atoms with van der Waals surface area (Å²) >= 11 is 4.85. The van der Waals surface area contributed by atoms with Gasteiger partial charge >= 0.3 is 18.0 Å². The number of fused-ring (bicyclic) bond motifs is 15. The number of urea groups is 1. The zero-order chi connectivity index (χ0) is 72.7. The van der Waals surface area contributed by atoms with E-state index in [2.05, 4.69) is 46.8 Å². The summed E-state index contributed by atoms with van der Waals surface area (Å²) in [7, 11) is 4.87. The Labute approximate surface area is 606 Å². The molecule has 2 saturated heterocycles. The molecule has 8 aromatic rings. The smallest absolute Gasteiger partial charge is 0.358 e. The molecule has 2 fully saturated rings. The van der Waals surface area contributed by atoms with Crippen molar-refractivity contribution in [2.75, 3.05) is 67.2 Å². The third kappa shape index (κ3) is 15.2. The Morgan fingerprint density at radius 1 is 0.835 bits per heavy atom. The molecule has 12 heterocycles. The number of hydrogen-bond donors (Lipinski definition) is 10. The molecular formula is C65H71N15O18S5. The van der Waals surface area contributed by atoms with Crippen LogP contribution in [0.25, 0.3) is 49.3 Å². The molecule has 5 aliphatic rings. The Balaban J connectivity index is 0.939. The second kappa shape index (κ2) is 30.3. The number of benzene rings is 1. The van der Waals surface area contributed by atoms with Crippen molar-refractivity contribution in [2.24, 2.45) is 0 Å². The van der Waals surface area contributed by atoms with Gasteiger partial charge in [-0.1, -0.05) is 12.1 Å². The van der Waals surface area contributed by atoms with Gasteiger partial charge in [0.15, 0.2) is 18.1 Å². The summed E-state index contributed by atoms with van der Waals surface area (Å²) in [4.78, 5) is 135. The lowest BCUT2D eigenvalue weighted by Gasteiger charge is -2.48. The Morgan fingerprint density at radius 2 is 1.52 bits per heavy atom. The number of allylic oxidation sites excluding steroid dienone is 1. The van der Waals surface area contributed by atoms with Crippen LogP contribution in [0.1, 0.15) is 120 Å². The molecule has 0 aliphatic carbocycles. The molecule has 10 atom stereocenters. The molecule has 10 N–H and O–H groups in total. The summed E-state index contributed by atoms with van der Waals surface area (Å²) in [5.74, 6) is -6.11. The first-order valence-electron chi connectivity index (χ1n) is 32.4. The predicted octanol–water partition coefficient (Wildman–Crippen LogP) is 4.29. The molecule has 0 spiro atoms. The Kier molecular flexibility index (Phi) is 21.3. The second-order valence-electron chi connectivity index (χ2n) is 25.2. The van der Waals surface area contributed by atoms with Gasteiger partial charge in [0.25, 0.3) is 17.7 Å². The van der Waals surface area contributed by atoms with E-state index in [1.807, 2.05) is 0 Å². The van der Waals surface area contributed by atoms with Crippen molar-refractivity contribution in [2.45, 2.75) is 114 Å². The van der Waals surface area contributed by atoms with Crippen molar-refractivity contribution in [3.05, 3.63) is 112 Å². The highest BCUT2D eigenvalue weighted by Crippen LogP contribution is 2.43. The highest BCUT2D eigenvalue weighted by Gasteiger charge is 2.50. The van der Waals surface area contributed by atoms with Gasteiger partial charge in [0.1, 0.15) is 114 Å². The van der Waals surface area contributed by atoms with Crippen LogP contribution in [-0.2, 0) is 62.5 Å². The van der Waals surface area contributed by atoms with E-state index in [4.69, 9.17) is 53.1 Å². The Hall–Kier alpha value is -9.03. The number of aromatic nitrogens is 7. The molecule has 7 aromatic heterocycles. The van der Waals surface area contributed by atoms with Crippen molar-refractivity contribution in [1.29, 1.82) is 0 Å². The molecule has 38 heteroatoms. The number of aliphatic hydroxyl groups is 2. The summed E-state index contributed by atoms with van der Waals surface area (Å²) in [5.41, 5.74) is -1.59. The summed E-state index contributed by atoms with van der Waals surface area (Å²) in [6.07, 6.45) is -7.47. The van der Waals surface area contributed by atoms with E-state index < -0.39 is 128 Å². The molecule has 103 heavy (non-hydrogen) atoms. The van der Waals surface area contributed by atoms with Gasteiger partial charge in [-0.05, 0) is 59.5 Å². The second-order valence-corrected chi connectivity index (χ2v) is 29.6. The third-order valence-electron chi connectivity index (χ3n) is 17.8. The fourth-order valence-corrected chi connectivity index (χ4v) is 17.1. The number of esters is 2. The third-order valence-corrected chi connectivity index (χ3v) is 22.3. The monoisotopic (exact) mass is 1510 g/mol. The fourth-order valence-electron chi connectivity index (χ4n) is 12.9. The average Bonchev–Trinajstić information content (AvgIpc) is 1.65. The number of cyclic esters (lactones) is 2. The molecule has 6 amide bonds. The van der Waals surface area contributed by atoms with Crippen molar-refractivity contribution in [3.63, 3.8) is 0 Å². The zero-order valence-electron chi connectivity index (χ0n) is 56.2. The van der Waals surface area contributed by atoms with Crippen molar-refractivity contribution < 1.29 is 87.2 Å². The summed E-state index contributed by atoms with van der Waals surface area (Å²) in [5, 5.41) is 72.1. The van der Waals surface area contributed by atoms with Gasteiger partial charge in [-0.25, -0.2) is 44.3 Å². The van der Waals surface area contributed by atoms with Gasteiger partial charge in [0.2, 0.25) is 5.91 Å². The van der Waals surface area contributed by atoms with Crippen LogP contribution in [0.15, 0.2) is 56.9 Å². The van der Waals surface area contributed by atoms with Gasteiger partial charge in [0.05, 0.1) is 68.5 Å². The number of nitrogens with zero attached hydrogens (tertiary/aromatic N) is 9. The largest absolute Gasteiger partial charge is 0.506 e. The fraction of sp³-hybridized carbons (Fsp3) is 0.431. The number of carbonyl (C=O) groups is 7. The highest BCUT2D eigenvalue weighted by atomic mass is 32.1. The first-order chi connectivity index (χ1) is 49.4. The van der Waals surface area contributed by atoms with Crippen LogP contribution >= 0.6 is 56.7 Å². The molecular weight excluding hydrogens is 1440 g/mol. The number of rotatable bonds is 11. The van der Waals surface area contributed by atoms with Gasteiger partial charge in [-0.2, -0.15) is 4.73 Å². The zero-order valence-corrected chi connectivity index (χ0v) is 60.3. The van der Waals surface area contributed by atoms with Crippen LogP contribution in [0.4, 0.5) is 4.79 Å². The Bertz CT molecular complexity index is 4610. The number of thiazole rings is 5. The van der Waals surface area contributed by atoms with E-state index in [1.54, 1.807) is 55.7 Å². The average molecular weight is 1510 g/mol. The predicted molar refractivity (Wildman–Crippen MR) is 372 cm³/mol. The molecule has 1 aromatic carbocycles. The van der Waals surface area contributed by atoms with E-state index in [0.29, 0.717) is 42.3 Å². The van der Waals surface area contributed by atoms with Gasteiger partial charge in [-0.15, -0.1) is 56.7 Å². The number of aliphatic hydroxyl groups excluding tert-OH is 1. The molecule has 33 nitrogen and oxygen atoms in total. The van der Waals surface area contributed by atoms with Crippen LogP contribution in [-0.4, -0.2) is 222 Å². The first-order valence-corrected chi connectivity index (χ1v) is 36.8. The van der Waals surface area contributed by atoms with Crippen LogP contribution in [0.2, 0.25) is 0 Å². The SMILES string of the molecule is CO/C(C)=C1/NC(=O)[C@H]([C@@H](C)O)NC(=O)c2csc(n2)-c2cc(O)c(-c3nc(CNC(=O)NCCN4CCOCC4)cs3)nc2-c2csc(n2)[C@@H]2COC(=O)c3c4c5c(cccc5n3O)COC(=O)[C@@H](O[C@H]3C[C@](C)(O)[C@H](N(C)C)[C@H](C)O3)[C@@H](OC4)[C@H](NC(=O)c3csc1n3)c1nc(cs1)C(=O)N2. The van der Waals surface area contributed by atoms with Crippen molar-refractivity contribution in [1.82, 2.24) is 76.3 Å². The minimum Gasteiger partial charge on any atom is -0.506 e. The van der Waals surface area contributed by atoms with E-state index >= 15 is 19.2 Å². The van der Waals surface area contributed by atoms with E-state index in [-0.39, 0.29) is 111 Å². The summed E-state index contributed by atoms with van der Waals surface area (Å²) in [6.45, 7) is 8.19.